The zero-order chi connectivity index (χ0) is 14.4. The Bertz CT molecular complexity index is 479. The van der Waals surface area contributed by atoms with Crippen molar-refractivity contribution in [2.45, 2.75) is 0 Å². The fourth-order valence-electron chi connectivity index (χ4n) is 1.24. The Morgan fingerprint density at radius 1 is 1.50 bits per heavy atom. The fourth-order valence-corrected chi connectivity index (χ4v) is 1.74. The van der Waals surface area contributed by atoms with Crippen LogP contribution in [0.15, 0.2) is 23.9 Å². The van der Waals surface area contributed by atoms with Gasteiger partial charge < -0.3 is 14.7 Å². The number of carbonyl (C=O) groups is 1. The highest BCUT2D eigenvalue weighted by atomic mass is 31.2. The summed E-state index contributed by atoms with van der Waals surface area (Å²) in [6.07, 6.45) is 1.22. The molecule has 7 heteroatoms. The average Bonchev–Trinajstić information content (AvgIpc) is 2.35. The topological polar surface area (TPSA) is 58.6 Å². The minimum Gasteiger partial charge on any atom is -0.464 e. The number of benzene rings is 1. The number of carbonyl (C=O) groups excluding carboxylic acids is 1. The number of ether oxygens (including phenoxy) is 1. The molecule has 0 aliphatic carbocycles. The predicted octanol–water partition coefficient (Wildman–Crippen LogP) is 2.00. The van der Waals surface area contributed by atoms with Crippen molar-refractivity contribution < 1.29 is 23.2 Å². The van der Waals surface area contributed by atoms with Crippen molar-refractivity contribution in [2.24, 2.45) is 0 Å². The third-order valence-electron chi connectivity index (χ3n) is 1.88. The summed E-state index contributed by atoms with van der Waals surface area (Å²) in [5.41, 5.74) is 0.104. The van der Waals surface area contributed by atoms with Crippen LogP contribution >= 0.6 is 8.30 Å². The molecule has 1 rings (SSSR count). The number of esters is 1. The van der Waals surface area contributed by atoms with Crippen molar-refractivity contribution in [3.63, 3.8) is 0 Å². The van der Waals surface area contributed by atoms with Crippen molar-refractivity contribution in [2.75, 3.05) is 13.8 Å². The van der Waals surface area contributed by atoms with Crippen LogP contribution in [-0.2, 0) is 9.53 Å². The Kier molecular flexibility index (Phi) is 4.61. The molecular weight excluding hydrogens is 263 g/mol. The average molecular weight is 277 g/mol. The van der Waals surface area contributed by atoms with E-state index in [1.54, 1.807) is 6.66 Å². The van der Waals surface area contributed by atoms with Crippen molar-refractivity contribution in [1.82, 2.24) is 5.09 Å². The molecule has 98 valence electrons. The molecule has 0 bridgehead atoms. The van der Waals surface area contributed by atoms with Gasteiger partial charge in [-0.3, -0.25) is 0 Å². The van der Waals surface area contributed by atoms with Gasteiger partial charge in [-0.25, -0.2) is 13.6 Å². The van der Waals surface area contributed by atoms with Gasteiger partial charge in [0.15, 0.2) is 0 Å². The molecular formula is C11H12F2NO3P. The Balaban J connectivity index is 3.07. The van der Waals surface area contributed by atoms with Gasteiger partial charge in [-0.05, 0) is 30.4 Å². The maximum Gasteiger partial charge on any atom is 0.354 e. The van der Waals surface area contributed by atoms with Crippen LogP contribution < -0.4 is 5.09 Å². The Labute approximate surface area is 106 Å². The molecule has 0 aliphatic rings. The quantitative estimate of drug-likeness (QED) is 0.491. The maximum absolute atomic E-state index is 13.0. The molecule has 0 saturated heterocycles. The summed E-state index contributed by atoms with van der Waals surface area (Å²) in [6, 6.07) is 2.85. The lowest BCUT2D eigenvalue weighted by Crippen LogP contribution is -2.16. The van der Waals surface area contributed by atoms with Gasteiger partial charge in [-0.2, -0.15) is 0 Å². The van der Waals surface area contributed by atoms with E-state index < -0.39 is 25.9 Å². The summed E-state index contributed by atoms with van der Waals surface area (Å²) in [4.78, 5) is 15.8. The van der Waals surface area contributed by atoms with Crippen LogP contribution in [0.2, 0.25) is 0 Å². The summed E-state index contributed by atoms with van der Waals surface area (Å²) >= 11 is 0. The molecule has 0 heterocycles. The van der Waals surface area contributed by atoms with Crippen LogP contribution in [0, 0.1) is 11.6 Å². The van der Waals surface area contributed by atoms with Crippen LogP contribution in [0.1, 0.15) is 5.56 Å². The molecule has 1 aromatic rings. The number of hydrogen-bond donors (Lipinski definition) is 2. The number of hydrogen-bond acceptors (Lipinski definition) is 4. The second-order valence-corrected chi connectivity index (χ2v) is 4.58. The van der Waals surface area contributed by atoms with Crippen molar-refractivity contribution >= 4 is 20.3 Å². The molecule has 1 aromatic carbocycles. The summed E-state index contributed by atoms with van der Waals surface area (Å²) in [5, 5.41) is 2.60. The van der Waals surface area contributed by atoms with Crippen LogP contribution in [0.3, 0.4) is 0 Å². The van der Waals surface area contributed by atoms with Crippen LogP contribution in [0.25, 0.3) is 6.08 Å². The minimum absolute atomic E-state index is 0.0478. The summed E-state index contributed by atoms with van der Waals surface area (Å²) in [5.74, 6) is -2.24. The molecule has 4 nitrogen and oxygen atoms in total. The molecule has 0 fully saturated rings. The van der Waals surface area contributed by atoms with Gasteiger partial charge in [-0.15, -0.1) is 0 Å². The number of rotatable bonds is 5. The Hall–Kier alpha value is -1.52. The molecule has 1 unspecified atom stereocenters. The molecule has 1 atom stereocenters. The lowest BCUT2D eigenvalue weighted by Gasteiger charge is -2.10. The second-order valence-electron chi connectivity index (χ2n) is 3.36. The first-order valence-corrected chi connectivity index (χ1v) is 6.56. The van der Waals surface area contributed by atoms with Crippen molar-refractivity contribution in [3.8, 4) is 0 Å². The number of halogens is 2. The van der Waals surface area contributed by atoms with Gasteiger partial charge in [0.05, 0.1) is 7.11 Å². The SMILES string of the molecule is [3H]OP(C)N/C(=C\c1cc(F)cc(F)c1)C(=O)OC. The van der Waals surface area contributed by atoms with Gasteiger partial charge in [-0.1, -0.05) is 0 Å². The van der Waals surface area contributed by atoms with Gasteiger partial charge in [0.2, 0.25) is 1.43 Å². The molecule has 0 aromatic heterocycles. The first kappa shape index (κ1) is 12.9. The maximum atomic E-state index is 13.0. The normalized spacial score (nSPS) is 13.8. The van der Waals surface area contributed by atoms with E-state index in [4.69, 9.17) is 1.43 Å². The van der Waals surface area contributed by atoms with E-state index in [9.17, 15) is 13.6 Å². The third-order valence-corrected chi connectivity index (χ3v) is 2.43. The highest BCUT2D eigenvalue weighted by Crippen LogP contribution is 2.21. The van der Waals surface area contributed by atoms with E-state index in [0.29, 0.717) is 0 Å². The molecule has 0 saturated carbocycles. The van der Waals surface area contributed by atoms with E-state index >= 15 is 0 Å². The van der Waals surface area contributed by atoms with Gasteiger partial charge in [0.25, 0.3) is 0 Å². The third kappa shape index (κ3) is 4.39. The summed E-state index contributed by atoms with van der Waals surface area (Å²) in [6.45, 7) is 1.55. The minimum atomic E-state index is -1.41. The van der Waals surface area contributed by atoms with Gasteiger partial charge in [0.1, 0.15) is 25.6 Å². The number of nitrogens with one attached hydrogen (secondary N) is 1. The van der Waals surface area contributed by atoms with E-state index in [2.05, 4.69) is 14.7 Å². The molecule has 0 spiro atoms. The fraction of sp³-hybridized carbons (Fsp3) is 0.182. The molecule has 0 radical (unpaired) electrons. The van der Waals surface area contributed by atoms with Crippen molar-refractivity contribution in [1.29, 1.82) is 1.43 Å². The molecule has 2 N–H and O–H groups in total. The van der Waals surface area contributed by atoms with E-state index in [-0.39, 0.29) is 11.3 Å². The second kappa shape index (κ2) is 6.42. The van der Waals surface area contributed by atoms with E-state index in [1.165, 1.54) is 13.2 Å². The highest BCUT2D eigenvalue weighted by molar-refractivity contribution is 7.48. The first-order valence-electron chi connectivity index (χ1n) is 5.27. The van der Waals surface area contributed by atoms with Crippen LogP contribution in [0.5, 0.6) is 0 Å². The molecule has 0 aliphatic heterocycles. The zero-order valence-corrected chi connectivity index (χ0v) is 10.6. The van der Waals surface area contributed by atoms with E-state index in [1.807, 2.05) is 0 Å². The standard InChI is InChI=1S/C11H12F2NO3P/c1-17-11(15)10(14-18(2)16)5-7-3-8(12)6-9(13)4-7/h3-6,14,16H,1-2H3/b10-5-/i16T. The summed E-state index contributed by atoms with van der Waals surface area (Å²) < 4.78 is 37.3. The van der Waals surface area contributed by atoms with Gasteiger partial charge in [0, 0.05) is 6.07 Å². The van der Waals surface area contributed by atoms with Crippen molar-refractivity contribution in [3.05, 3.63) is 41.1 Å². The lowest BCUT2D eigenvalue weighted by molar-refractivity contribution is -0.136. The largest absolute Gasteiger partial charge is 0.464 e. The van der Waals surface area contributed by atoms with Gasteiger partial charge >= 0.3 is 5.97 Å². The lowest BCUT2D eigenvalue weighted by atomic mass is 10.2. The zero-order valence-electron chi connectivity index (χ0n) is 10.7. The highest BCUT2D eigenvalue weighted by Gasteiger charge is 2.12. The number of methoxy groups -OCH3 is 1. The first-order chi connectivity index (χ1) is 8.96. The van der Waals surface area contributed by atoms with Crippen LogP contribution in [-0.4, -0.2) is 26.1 Å². The Morgan fingerprint density at radius 2 is 2.11 bits per heavy atom. The van der Waals surface area contributed by atoms with E-state index in [0.717, 1.165) is 18.2 Å². The predicted molar refractivity (Wildman–Crippen MR) is 64.5 cm³/mol. The smallest absolute Gasteiger partial charge is 0.354 e. The van der Waals surface area contributed by atoms with Crippen LogP contribution in [0.4, 0.5) is 8.78 Å². The molecule has 18 heavy (non-hydrogen) atoms. The monoisotopic (exact) mass is 277 g/mol. The summed E-state index contributed by atoms with van der Waals surface area (Å²) in [7, 11) is -0.237. The Morgan fingerprint density at radius 3 is 2.61 bits per heavy atom. The molecule has 0 amide bonds.